The summed E-state index contributed by atoms with van der Waals surface area (Å²) in [7, 11) is 4.06. The van der Waals surface area contributed by atoms with E-state index in [2.05, 4.69) is 17.0 Å². The van der Waals surface area contributed by atoms with Gasteiger partial charge in [-0.2, -0.15) is 0 Å². The van der Waals surface area contributed by atoms with Gasteiger partial charge in [0.2, 0.25) is 0 Å². The minimum absolute atomic E-state index is 0.0478. The Kier molecular flexibility index (Phi) is 6.91. The Morgan fingerprint density at radius 3 is 1.68 bits per heavy atom. The van der Waals surface area contributed by atoms with Crippen LogP contribution in [0.2, 0.25) is 0 Å². The molecule has 0 amide bonds. The predicted octanol–water partition coefficient (Wildman–Crippen LogP) is 5.45. The van der Waals surface area contributed by atoms with Crippen LogP contribution in [-0.2, 0) is 0 Å². The van der Waals surface area contributed by atoms with Gasteiger partial charge < -0.3 is 19.8 Å². The van der Waals surface area contributed by atoms with Crippen molar-refractivity contribution in [3.8, 4) is 17.2 Å². The van der Waals surface area contributed by atoms with Gasteiger partial charge in [0, 0.05) is 12.5 Å². The second kappa shape index (κ2) is 9.44. The van der Waals surface area contributed by atoms with Crippen LogP contribution in [-0.4, -0.2) is 42.4 Å². The molecule has 0 aliphatic carbocycles. The molecule has 0 saturated carbocycles. The molecule has 31 heavy (non-hydrogen) atoms. The molecule has 3 aromatic carbocycles. The number of nitrogens with zero attached hydrogens (tertiary/aromatic N) is 1. The number of phenols is 2. The number of ether oxygens (including phenoxy) is 1. The van der Waals surface area contributed by atoms with Crippen molar-refractivity contribution in [1.29, 1.82) is 0 Å². The number of hydrogen-bond acceptors (Lipinski definition) is 4. The minimum atomic E-state index is -0.0478. The van der Waals surface area contributed by atoms with E-state index in [1.165, 1.54) is 0 Å². The first kappa shape index (κ1) is 22.7. The summed E-state index contributed by atoms with van der Waals surface area (Å²) >= 11 is 0. The highest BCUT2D eigenvalue weighted by atomic mass is 16.5. The van der Waals surface area contributed by atoms with Crippen molar-refractivity contribution in [2.24, 2.45) is 0 Å². The van der Waals surface area contributed by atoms with Crippen molar-refractivity contribution in [3.63, 3.8) is 0 Å². The van der Waals surface area contributed by atoms with Gasteiger partial charge in [-0.25, -0.2) is 0 Å². The predicted molar refractivity (Wildman–Crippen MR) is 127 cm³/mol. The van der Waals surface area contributed by atoms with Crippen molar-refractivity contribution in [2.45, 2.75) is 33.6 Å². The quantitative estimate of drug-likeness (QED) is 0.500. The molecule has 0 unspecified atom stereocenters. The molecular formula is C27H33NO3. The van der Waals surface area contributed by atoms with E-state index in [0.717, 1.165) is 51.2 Å². The lowest BCUT2D eigenvalue weighted by Gasteiger charge is -2.23. The van der Waals surface area contributed by atoms with E-state index in [0.29, 0.717) is 18.1 Å². The van der Waals surface area contributed by atoms with Crippen LogP contribution in [0.4, 0.5) is 0 Å². The Balaban J connectivity index is 2.11. The summed E-state index contributed by atoms with van der Waals surface area (Å²) in [5.41, 5.74) is 6.72. The summed E-state index contributed by atoms with van der Waals surface area (Å²) in [5, 5.41) is 20.6. The average molecular weight is 420 g/mol. The number of benzene rings is 3. The van der Waals surface area contributed by atoms with Crippen LogP contribution in [0.25, 0.3) is 0 Å². The second-order valence-electron chi connectivity index (χ2n) is 8.66. The minimum Gasteiger partial charge on any atom is -0.507 e. The summed E-state index contributed by atoms with van der Waals surface area (Å²) in [6.45, 7) is 9.18. The van der Waals surface area contributed by atoms with Gasteiger partial charge in [0.15, 0.2) is 0 Å². The van der Waals surface area contributed by atoms with E-state index in [-0.39, 0.29) is 5.92 Å². The monoisotopic (exact) mass is 419 g/mol. The van der Waals surface area contributed by atoms with Gasteiger partial charge in [0.05, 0.1) is 0 Å². The Labute approximate surface area is 185 Å². The maximum absolute atomic E-state index is 10.3. The summed E-state index contributed by atoms with van der Waals surface area (Å²) in [6, 6.07) is 16.4. The largest absolute Gasteiger partial charge is 0.507 e. The molecule has 4 heteroatoms. The second-order valence-corrected chi connectivity index (χ2v) is 8.66. The number of rotatable bonds is 7. The van der Waals surface area contributed by atoms with Crippen LogP contribution in [0.15, 0.2) is 48.5 Å². The highest BCUT2D eigenvalue weighted by Gasteiger charge is 2.21. The molecule has 2 N–H and O–H groups in total. The van der Waals surface area contributed by atoms with Crippen molar-refractivity contribution >= 4 is 0 Å². The standard InChI is InChI=1S/C27H33NO3/c1-17-12-22(13-18(2)26(17)29)25(23-14-19(3)27(30)20(4)15-23)21-8-7-9-24(16-21)31-11-10-28(5)6/h7-9,12-16,25,29-30H,10-11H2,1-6H3. The fourth-order valence-electron chi connectivity index (χ4n) is 4.02. The first-order chi connectivity index (χ1) is 14.7. The maximum atomic E-state index is 10.3. The Hall–Kier alpha value is -2.98. The lowest BCUT2D eigenvalue weighted by Crippen LogP contribution is -2.19. The van der Waals surface area contributed by atoms with E-state index in [9.17, 15) is 10.2 Å². The highest BCUT2D eigenvalue weighted by molar-refractivity contribution is 5.53. The fourth-order valence-corrected chi connectivity index (χ4v) is 4.02. The summed E-state index contributed by atoms with van der Waals surface area (Å²) in [5.74, 6) is 1.46. The molecule has 4 nitrogen and oxygen atoms in total. The van der Waals surface area contributed by atoms with Gasteiger partial charge >= 0.3 is 0 Å². The van der Waals surface area contributed by atoms with E-state index in [1.807, 2.05) is 78.2 Å². The molecule has 0 bridgehead atoms. The lowest BCUT2D eigenvalue weighted by molar-refractivity contribution is 0.261. The number of aryl methyl sites for hydroxylation is 4. The molecule has 0 saturated heterocycles. The molecular weight excluding hydrogens is 386 g/mol. The first-order valence-corrected chi connectivity index (χ1v) is 10.6. The smallest absolute Gasteiger partial charge is 0.121 e. The third-order valence-electron chi connectivity index (χ3n) is 5.69. The van der Waals surface area contributed by atoms with Gasteiger partial charge in [-0.05, 0) is 92.9 Å². The van der Waals surface area contributed by atoms with Gasteiger partial charge in [-0.3, -0.25) is 0 Å². The molecule has 164 valence electrons. The highest BCUT2D eigenvalue weighted by Crippen LogP contribution is 2.38. The molecule has 0 atom stereocenters. The Morgan fingerprint density at radius 1 is 0.742 bits per heavy atom. The SMILES string of the molecule is Cc1cc(C(c2cccc(OCCN(C)C)c2)c2cc(C)c(O)c(C)c2)cc(C)c1O. The molecule has 0 aliphatic heterocycles. The number of hydrogen-bond donors (Lipinski definition) is 2. The molecule has 0 aliphatic rings. The Bertz CT molecular complexity index is 968. The first-order valence-electron chi connectivity index (χ1n) is 10.6. The van der Waals surface area contributed by atoms with Crippen molar-refractivity contribution < 1.29 is 14.9 Å². The van der Waals surface area contributed by atoms with Crippen molar-refractivity contribution in [1.82, 2.24) is 4.90 Å². The molecule has 0 spiro atoms. The van der Waals surface area contributed by atoms with Crippen LogP contribution < -0.4 is 4.74 Å². The fraction of sp³-hybridized carbons (Fsp3) is 0.333. The summed E-state index contributed by atoms with van der Waals surface area (Å²) < 4.78 is 5.99. The van der Waals surface area contributed by atoms with Gasteiger partial charge in [-0.15, -0.1) is 0 Å². The normalized spacial score (nSPS) is 11.4. The van der Waals surface area contributed by atoms with Gasteiger partial charge in [-0.1, -0.05) is 36.4 Å². The molecule has 0 aromatic heterocycles. The average Bonchev–Trinajstić information content (AvgIpc) is 2.70. The molecule has 3 aromatic rings. The lowest BCUT2D eigenvalue weighted by atomic mass is 9.82. The number of likely N-dealkylation sites (N-methyl/N-ethyl adjacent to an activating group) is 1. The third-order valence-corrected chi connectivity index (χ3v) is 5.69. The zero-order valence-electron chi connectivity index (χ0n) is 19.4. The zero-order valence-corrected chi connectivity index (χ0v) is 19.4. The van der Waals surface area contributed by atoms with E-state index in [4.69, 9.17) is 4.74 Å². The van der Waals surface area contributed by atoms with Crippen LogP contribution in [0.1, 0.15) is 44.9 Å². The number of phenolic OH excluding ortho intramolecular Hbond substituents is 2. The van der Waals surface area contributed by atoms with Crippen molar-refractivity contribution in [2.75, 3.05) is 27.2 Å². The van der Waals surface area contributed by atoms with Crippen LogP contribution in [0, 0.1) is 27.7 Å². The van der Waals surface area contributed by atoms with E-state index in [1.54, 1.807) is 0 Å². The topological polar surface area (TPSA) is 52.9 Å². The molecule has 3 rings (SSSR count). The van der Waals surface area contributed by atoms with Crippen LogP contribution in [0.3, 0.4) is 0 Å². The zero-order chi connectivity index (χ0) is 22.7. The van der Waals surface area contributed by atoms with Crippen molar-refractivity contribution in [3.05, 3.63) is 87.5 Å². The Morgan fingerprint density at radius 2 is 1.23 bits per heavy atom. The van der Waals surface area contributed by atoms with Gasteiger partial charge in [0.1, 0.15) is 23.9 Å². The third kappa shape index (κ3) is 5.20. The molecule has 0 radical (unpaired) electrons. The summed E-state index contributed by atoms with van der Waals surface area (Å²) in [4.78, 5) is 2.09. The number of aromatic hydroxyl groups is 2. The summed E-state index contributed by atoms with van der Waals surface area (Å²) in [6.07, 6.45) is 0. The van der Waals surface area contributed by atoms with E-state index < -0.39 is 0 Å². The van der Waals surface area contributed by atoms with E-state index >= 15 is 0 Å². The molecule has 0 heterocycles. The molecule has 0 fully saturated rings. The van der Waals surface area contributed by atoms with Gasteiger partial charge in [0.25, 0.3) is 0 Å². The maximum Gasteiger partial charge on any atom is 0.121 e. The van der Waals surface area contributed by atoms with Crippen LogP contribution in [0.5, 0.6) is 17.2 Å². The van der Waals surface area contributed by atoms with Crippen LogP contribution >= 0.6 is 0 Å².